The fourth-order valence-electron chi connectivity index (χ4n) is 3.89. The molecule has 1 aliphatic carbocycles. The lowest BCUT2D eigenvalue weighted by atomic mass is 10.1. The molecule has 5 nitrogen and oxygen atoms in total. The summed E-state index contributed by atoms with van der Waals surface area (Å²) >= 11 is 13.6. The highest BCUT2D eigenvalue weighted by Crippen LogP contribution is 2.27. The Kier molecular flexibility index (Phi) is 7.56. The normalized spacial score (nSPS) is 18.8. The number of rotatable bonds is 7. The van der Waals surface area contributed by atoms with E-state index in [1.165, 1.54) is 11.8 Å². The van der Waals surface area contributed by atoms with Crippen molar-refractivity contribution < 1.29 is 14.3 Å². The molecule has 0 spiro atoms. The number of Topliss-reactive ketones (excluding diaryl/α,β-unsaturated/α-hetero) is 1. The van der Waals surface area contributed by atoms with E-state index in [2.05, 4.69) is 10.2 Å². The largest absolute Gasteiger partial charge is 0.374 e. The number of nitrogens with one attached hydrogen (secondary N) is 1. The Morgan fingerprint density at radius 3 is 2.87 bits per heavy atom. The Morgan fingerprint density at radius 2 is 2.03 bits per heavy atom. The van der Waals surface area contributed by atoms with Crippen LogP contribution >= 0.6 is 35.0 Å². The lowest BCUT2D eigenvalue weighted by Crippen LogP contribution is -2.47. The Bertz CT molecular complexity index is 985. The van der Waals surface area contributed by atoms with Crippen LogP contribution in [-0.4, -0.2) is 54.7 Å². The summed E-state index contributed by atoms with van der Waals surface area (Å²) in [5.41, 5.74) is 3.02. The number of benzene rings is 2. The van der Waals surface area contributed by atoms with Gasteiger partial charge in [0.15, 0.2) is 5.78 Å². The highest BCUT2D eigenvalue weighted by Gasteiger charge is 2.22. The van der Waals surface area contributed by atoms with Crippen LogP contribution in [0.2, 0.25) is 10.0 Å². The van der Waals surface area contributed by atoms with Gasteiger partial charge in [-0.05, 0) is 41.8 Å². The topological polar surface area (TPSA) is 58.6 Å². The number of ketones is 1. The van der Waals surface area contributed by atoms with Crippen LogP contribution in [0, 0.1) is 0 Å². The van der Waals surface area contributed by atoms with Gasteiger partial charge in [0, 0.05) is 43.1 Å². The predicted molar refractivity (Wildman–Crippen MR) is 124 cm³/mol. The Balaban J connectivity index is 1.21. The minimum Gasteiger partial charge on any atom is -0.374 e. The van der Waals surface area contributed by atoms with Crippen molar-refractivity contribution in [1.29, 1.82) is 0 Å². The summed E-state index contributed by atoms with van der Waals surface area (Å²) in [4.78, 5) is 27.4. The third-order valence-electron chi connectivity index (χ3n) is 5.51. The maximum Gasteiger partial charge on any atom is 0.230 e. The van der Waals surface area contributed by atoms with Crippen molar-refractivity contribution in [1.82, 2.24) is 10.2 Å². The average Bonchev–Trinajstić information content (AvgIpc) is 3.14. The van der Waals surface area contributed by atoms with Gasteiger partial charge in [0.2, 0.25) is 5.91 Å². The minimum absolute atomic E-state index is 0.0215. The third-order valence-corrected chi connectivity index (χ3v) is 7.24. The van der Waals surface area contributed by atoms with Crippen LogP contribution in [0.15, 0.2) is 41.3 Å². The SMILES string of the molecule is O=C(CSc1ccc2c(c1)CCC2=O)NC[C@H]1CN(Cc2ccc(Cl)c(Cl)c2)CCO1. The van der Waals surface area contributed by atoms with Gasteiger partial charge in [-0.15, -0.1) is 11.8 Å². The van der Waals surface area contributed by atoms with Crippen molar-refractivity contribution in [3.8, 4) is 0 Å². The molecule has 2 aliphatic rings. The second-order valence-electron chi connectivity index (χ2n) is 7.81. The van der Waals surface area contributed by atoms with Crippen molar-refractivity contribution in [2.75, 3.05) is 32.0 Å². The molecule has 2 aromatic rings. The minimum atomic E-state index is -0.0449. The smallest absolute Gasteiger partial charge is 0.230 e. The zero-order chi connectivity index (χ0) is 21.8. The number of carbonyl (C=O) groups is 2. The van der Waals surface area contributed by atoms with E-state index in [1.807, 2.05) is 36.4 Å². The monoisotopic (exact) mass is 478 g/mol. The fraction of sp³-hybridized carbons (Fsp3) is 0.391. The first-order valence-corrected chi connectivity index (χ1v) is 12.1. The molecule has 0 radical (unpaired) electrons. The first kappa shape index (κ1) is 22.6. The van der Waals surface area contributed by atoms with Gasteiger partial charge in [0.1, 0.15) is 0 Å². The number of carbonyl (C=O) groups excluding carboxylic acids is 2. The maximum absolute atomic E-state index is 12.3. The Morgan fingerprint density at radius 1 is 1.16 bits per heavy atom. The van der Waals surface area contributed by atoms with Gasteiger partial charge in [-0.1, -0.05) is 35.3 Å². The van der Waals surface area contributed by atoms with Gasteiger partial charge in [-0.2, -0.15) is 0 Å². The number of hydrogen-bond acceptors (Lipinski definition) is 5. The van der Waals surface area contributed by atoms with Crippen LogP contribution in [0.3, 0.4) is 0 Å². The zero-order valence-electron chi connectivity index (χ0n) is 17.0. The summed E-state index contributed by atoms with van der Waals surface area (Å²) in [5.74, 6) is 0.531. The first-order valence-electron chi connectivity index (χ1n) is 10.3. The van der Waals surface area contributed by atoms with E-state index in [4.69, 9.17) is 27.9 Å². The number of morpholine rings is 1. The quantitative estimate of drug-likeness (QED) is 0.603. The summed E-state index contributed by atoms with van der Waals surface area (Å²) in [5, 5.41) is 4.09. The summed E-state index contributed by atoms with van der Waals surface area (Å²) in [6, 6.07) is 11.5. The van der Waals surface area contributed by atoms with E-state index in [9.17, 15) is 9.59 Å². The van der Waals surface area contributed by atoms with Crippen LogP contribution in [0.25, 0.3) is 0 Å². The summed E-state index contributed by atoms with van der Waals surface area (Å²) in [6.45, 7) is 3.45. The van der Waals surface area contributed by atoms with E-state index in [0.717, 1.165) is 47.6 Å². The molecular formula is C23H24Cl2N2O3S. The van der Waals surface area contributed by atoms with Crippen molar-refractivity contribution in [2.24, 2.45) is 0 Å². The zero-order valence-corrected chi connectivity index (χ0v) is 19.4. The molecule has 2 aromatic carbocycles. The summed E-state index contributed by atoms with van der Waals surface area (Å²) in [7, 11) is 0. The van der Waals surface area contributed by atoms with Crippen molar-refractivity contribution in [3.05, 3.63) is 63.1 Å². The van der Waals surface area contributed by atoms with Gasteiger partial charge in [-0.3, -0.25) is 14.5 Å². The molecule has 8 heteroatoms. The molecule has 1 aliphatic heterocycles. The second kappa shape index (κ2) is 10.4. The van der Waals surface area contributed by atoms with E-state index >= 15 is 0 Å². The number of thioether (sulfide) groups is 1. The van der Waals surface area contributed by atoms with Gasteiger partial charge < -0.3 is 10.1 Å². The molecular weight excluding hydrogens is 455 g/mol. The molecule has 0 saturated carbocycles. The Labute approximate surface area is 196 Å². The lowest BCUT2D eigenvalue weighted by Gasteiger charge is -2.33. The number of aryl methyl sites for hydroxylation is 1. The van der Waals surface area contributed by atoms with E-state index in [0.29, 0.717) is 35.4 Å². The average molecular weight is 479 g/mol. The van der Waals surface area contributed by atoms with Gasteiger partial charge in [-0.25, -0.2) is 0 Å². The number of ether oxygens (including phenoxy) is 1. The van der Waals surface area contributed by atoms with Crippen LogP contribution < -0.4 is 5.32 Å². The van der Waals surface area contributed by atoms with Crippen LogP contribution in [0.4, 0.5) is 0 Å². The highest BCUT2D eigenvalue weighted by atomic mass is 35.5. The van der Waals surface area contributed by atoms with Gasteiger partial charge in [0.05, 0.1) is 28.5 Å². The number of amides is 1. The summed E-state index contributed by atoms with van der Waals surface area (Å²) in [6.07, 6.45) is 1.34. The van der Waals surface area contributed by atoms with Crippen molar-refractivity contribution >= 4 is 46.7 Å². The van der Waals surface area contributed by atoms with Crippen molar-refractivity contribution in [2.45, 2.75) is 30.4 Å². The maximum atomic E-state index is 12.3. The molecule has 1 N–H and O–H groups in total. The fourth-order valence-corrected chi connectivity index (χ4v) is 5.00. The van der Waals surface area contributed by atoms with E-state index < -0.39 is 0 Å². The van der Waals surface area contributed by atoms with Gasteiger partial charge in [0.25, 0.3) is 0 Å². The second-order valence-corrected chi connectivity index (χ2v) is 9.67. The molecule has 0 unspecified atom stereocenters. The number of halogens is 2. The number of nitrogens with zero attached hydrogens (tertiary/aromatic N) is 1. The molecule has 0 bridgehead atoms. The highest BCUT2D eigenvalue weighted by molar-refractivity contribution is 8.00. The molecule has 1 fully saturated rings. The lowest BCUT2D eigenvalue weighted by molar-refractivity contribution is -0.119. The third kappa shape index (κ3) is 6.02. The van der Waals surface area contributed by atoms with Crippen LogP contribution in [0.5, 0.6) is 0 Å². The molecule has 164 valence electrons. The van der Waals surface area contributed by atoms with Crippen molar-refractivity contribution in [3.63, 3.8) is 0 Å². The number of fused-ring (bicyclic) bond motifs is 1. The van der Waals surface area contributed by atoms with E-state index in [1.54, 1.807) is 0 Å². The molecule has 31 heavy (non-hydrogen) atoms. The molecule has 1 amide bonds. The predicted octanol–water partition coefficient (Wildman–Crippen LogP) is 4.23. The molecule has 1 atom stereocenters. The summed E-state index contributed by atoms with van der Waals surface area (Å²) < 4.78 is 5.82. The van der Waals surface area contributed by atoms with Crippen LogP contribution in [0.1, 0.15) is 27.9 Å². The molecule has 0 aromatic heterocycles. The molecule has 1 heterocycles. The first-order chi connectivity index (χ1) is 15.0. The number of hydrogen-bond donors (Lipinski definition) is 1. The Hall–Kier alpha value is -1.57. The van der Waals surface area contributed by atoms with E-state index in [-0.39, 0.29) is 17.8 Å². The molecule has 1 saturated heterocycles. The molecule has 4 rings (SSSR count). The standard InChI is InChI=1S/C23H24Cl2N2O3S/c24-20-5-1-15(9-21(20)25)12-27-7-8-30-17(13-27)11-26-23(29)14-31-18-3-4-19-16(10-18)2-6-22(19)28/h1,3-5,9-10,17H,2,6-8,11-14H2,(H,26,29)/t17-/m0/s1. The van der Waals surface area contributed by atoms with Crippen LogP contribution in [-0.2, 0) is 22.5 Å². The van der Waals surface area contributed by atoms with Gasteiger partial charge >= 0.3 is 0 Å².